The van der Waals surface area contributed by atoms with E-state index in [9.17, 15) is 18.0 Å². The van der Waals surface area contributed by atoms with E-state index < -0.39 is 15.8 Å². The van der Waals surface area contributed by atoms with Crippen LogP contribution in [0.25, 0.3) is 0 Å². The molecule has 0 aromatic heterocycles. The number of esters is 1. The van der Waals surface area contributed by atoms with Gasteiger partial charge in [-0.1, -0.05) is 0 Å². The lowest BCUT2D eigenvalue weighted by atomic mass is 10.1. The average Bonchev–Trinajstić information content (AvgIpc) is 3.15. The highest BCUT2D eigenvalue weighted by Gasteiger charge is 2.28. The van der Waals surface area contributed by atoms with Crippen molar-refractivity contribution in [2.75, 3.05) is 30.7 Å². The van der Waals surface area contributed by atoms with Crippen LogP contribution in [0.5, 0.6) is 11.5 Å². The molecule has 1 aromatic rings. The summed E-state index contributed by atoms with van der Waals surface area (Å²) in [4.78, 5) is 23.7. The van der Waals surface area contributed by atoms with Gasteiger partial charge >= 0.3 is 5.97 Å². The Balaban J connectivity index is 1.43. The van der Waals surface area contributed by atoms with Crippen LogP contribution in [0.3, 0.4) is 0 Å². The van der Waals surface area contributed by atoms with E-state index in [1.165, 1.54) is 11.8 Å². The molecule has 0 unspecified atom stereocenters. The number of sulfone groups is 1. The molecule has 3 rings (SSSR count). The molecule has 1 saturated heterocycles. The van der Waals surface area contributed by atoms with E-state index in [0.717, 1.165) is 0 Å². The quantitative estimate of drug-likeness (QED) is 0.540. The number of rotatable bonds is 6. The zero-order chi connectivity index (χ0) is 17.2. The molecule has 7 nitrogen and oxygen atoms in total. The Labute approximate surface area is 143 Å². The number of hydrogen-bond acceptors (Lipinski definition) is 8. The number of ketones is 1. The van der Waals surface area contributed by atoms with Crippen molar-refractivity contribution in [3.05, 3.63) is 23.8 Å². The number of thioether (sulfide) groups is 1. The minimum Gasteiger partial charge on any atom is -0.457 e. The molecular weight excluding hydrogens is 356 g/mol. The largest absolute Gasteiger partial charge is 0.457 e. The second-order valence-corrected chi connectivity index (χ2v) is 9.01. The summed E-state index contributed by atoms with van der Waals surface area (Å²) in [5.74, 6) is 0.503. The van der Waals surface area contributed by atoms with Crippen molar-refractivity contribution in [2.45, 2.75) is 11.7 Å². The van der Waals surface area contributed by atoms with Crippen LogP contribution < -0.4 is 9.47 Å². The second kappa shape index (κ2) is 7.02. The Morgan fingerprint density at radius 2 is 2.04 bits per heavy atom. The molecule has 1 atom stereocenters. The van der Waals surface area contributed by atoms with E-state index in [2.05, 4.69) is 0 Å². The molecule has 2 heterocycles. The summed E-state index contributed by atoms with van der Waals surface area (Å²) < 4.78 is 38.0. The molecule has 1 fully saturated rings. The first-order chi connectivity index (χ1) is 11.4. The van der Waals surface area contributed by atoms with Crippen LogP contribution in [0.15, 0.2) is 18.2 Å². The SMILES string of the molecule is O=C(CS[C@@H]1CCS(=O)(=O)C1)OCC(=O)c1ccc2c(c1)OCO2. The Kier molecular flexibility index (Phi) is 5.00. The number of hydrogen-bond donors (Lipinski definition) is 0. The van der Waals surface area contributed by atoms with Crippen molar-refractivity contribution >= 4 is 33.4 Å². The lowest BCUT2D eigenvalue weighted by Gasteiger charge is -2.08. The van der Waals surface area contributed by atoms with Gasteiger partial charge in [0.2, 0.25) is 6.79 Å². The molecule has 2 aliphatic rings. The first-order valence-corrected chi connectivity index (χ1v) is 10.2. The van der Waals surface area contributed by atoms with Crippen molar-refractivity contribution in [2.24, 2.45) is 0 Å². The third-order valence-corrected chi connectivity index (χ3v) is 6.94. The maximum absolute atomic E-state index is 12.0. The van der Waals surface area contributed by atoms with Gasteiger partial charge in [0.05, 0.1) is 17.3 Å². The Bertz CT molecular complexity index is 757. The highest BCUT2D eigenvalue weighted by molar-refractivity contribution is 8.02. The summed E-state index contributed by atoms with van der Waals surface area (Å²) in [6.45, 7) is -0.238. The first-order valence-electron chi connectivity index (χ1n) is 7.33. The molecule has 0 spiro atoms. The average molecular weight is 372 g/mol. The third kappa shape index (κ3) is 4.21. The van der Waals surface area contributed by atoms with Gasteiger partial charge in [-0.25, -0.2) is 8.42 Å². The van der Waals surface area contributed by atoms with Crippen LogP contribution in [-0.2, 0) is 19.4 Å². The monoisotopic (exact) mass is 372 g/mol. The van der Waals surface area contributed by atoms with Crippen molar-refractivity contribution in [3.8, 4) is 11.5 Å². The fourth-order valence-corrected chi connectivity index (χ4v) is 5.86. The molecule has 0 bridgehead atoms. The van der Waals surface area contributed by atoms with Gasteiger partial charge < -0.3 is 14.2 Å². The first kappa shape index (κ1) is 17.1. The van der Waals surface area contributed by atoms with Gasteiger partial charge in [-0.15, -0.1) is 11.8 Å². The Morgan fingerprint density at radius 1 is 1.25 bits per heavy atom. The van der Waals surface area contributed by atoms with Crippen molar-refractivity contribution in [3.63, 3.8) is 0 Å². The van der Waals surface area contributed by atoms with Crippen LogP contribution in [0.4, 0.5) is 0 Å². The van der Waals surface area contributed by atoms with Crippen LogP contribution >= 0.6 is 11.8 Å². The molecule has 0 radical (unpaired) electrons. The van der Waals surface area contributed by atoms with E-state index in [1.807, 2.05) is 0 Å². The minimum atomic E-state index is -2.96. The highest BCUT2D eigenvalue weighted by atomic mass is 32.2. The molecule has 9 heteroatoms. The maximum atomic E-state index is 12.0. The van der Waals surface area contributed by atoms with Crippen LogP contribution in [0, 0.1) is 0 Å². The molecule has 0 N–H and O–H groups in total. The van der Waals surface area contributed by atoms with Gasteiger partial charge in [0, 0.05) is 10.8 Å². The zero-order valence-electron chi connectivity index (χ0n) is 12.7. The summed E-state index contributed by atoms with van der Waals surface area (Å²) in [7, 11) is -2.96. The topological polar surface area (TPSA) is 96.0 Å². The smallest absolute Gasteiger partial charge is 0.316 e. The maximum Gasteiger partial charge on any atom is 0.316 e. The van der Waals surface area contributed by atoms with E-state index in [1.54, 1.807) is 18.2 Å². The van der Waals surface area contributed by atoms with Gasteiger partial charge in [-0.3, -0.25) is 9.59 Å². The summed E-state index contributed by atoms with van der Waals surface area (Å²) in [6.07, 6.45) is 0.552. The van der Waals surface area contributed by atoms with Crippen LogP contribution in [0.1, 0.15) is 16.8 Å². The van der Waals surface area contributed by atoms with E-state index in [4.69, 9.17) is 14.2 Å². The van der Waals surface area contributed by atoms with Gasteiger partial charge in [0.25, 0.3) is 0 Å². The molecule has 1 aromatic carbocycles. The normalized spacial score (nSPS) is 20.8. The van der Waals surface area contributed by atoms with Gasteiger partial charge in [0.15, 0.2) is 33.7 Å². The van der Waals surface area contributed by atoms with Crippen molar-refractivity contribution < 1.29 is 32.2 Å². The lowest BCUT2D eigenvalue weighted by Crippen LogP contribution is -2.17. The predicted molar refractivity (Wildman–Crippen MR) is 87.4 cm³/mol. The number of fused-ring (bicyclic) bond motifs is 1. The molecule has 24 heavy (non-hydrogen) atoms. The van der Waals surface area contributed by atoms with Gasteiger partial charge in [0.1, 0.15) is 0 Å². The summed E-state index contributed by atoms with van der Waals surface area (Å²) in [6, 6.07) is 4.77. The molecule has 0 amide bonds. The van der Waals surface area contributed by atoms with E-state index in [-0.39, 0.29) is 41.7 Å². The lowest BCUT2D eigenvalue weighted by molar-refractivity contribution is -0.139. The van der Waals surface area contributed by atoms with Crippen molar-refractivity contribution in [1.82, 2.24) is 0 Å². The van der Waals surface area contributed by atoms with E-state index in [0.29, 0.717) is 23.5 Å². The zero-order valence-corrected chi connectivity index (χ0v) is 14.4. The Morgan fingerprint density at radius 3 is 2.79 bits per heavy atom. The standard InChI is InChI=1S/C15H16O7S2/c16-12(10-1-2-13-14(5-10)22-9-21-13)6-20-15(17)7-23-11-3-4-24(18,19)8-11/h1-2,5,11H,3-4,6-9H2/t11-/m1/s1. The van der Waals surface area contributed by atoms with Crippen LogP contribution in [0.2, 0.25) is 0 Å². The van der Waals surface area contributed by atoms with Crippen molar-refractivity contribution in [1.29, 1.82) is 0 Å². The Hall–Kier alpha value is -1.74. The summed E-state index contributed by atoms with van der Waals surface area (Å²) in [5.41, 5.74) is 0.376. The molecular formula is C15H16O7S2. The van der Waals surface area contributed by atoms with E-state index >= 15 is 0 Å². The minimum absolute atomic E-state index is 0.0363. The molecule has 0 saturated carbocycles. The number of Topliss-reactive ketones (excluding diaryl/α,β-unsaturated/α-hetero) is 1. The fourth-order valence-electron chi connectivity index (χ4n) is 2.42. The van der Waals surface area contributed by atoms with Gasteiger partial charge in [-0.2, -0.15) is 0 Å². The van der Waals surface area contributed by atoms with Gasteiger partial charge in [-0.05, 0) is 24.6 Å². The summed E-state index contributed by atoms with van der Waals surface area (Å²) in [5, 5.41) is -0.0767. The summed E-state index contributed by atoms with van der Waals surface area (Å²) >= 11 is 1.26. The molecule has 130 valence electrons. The highest BCUT2D eigenvalue weighted by Crippen LogP contribution is 2.32. The molecule has 2 aliphatic heterocycles. The molecule has 0 aliphatic carbocycles. The third-order valence-electron chi connectivity index (χ3n) is 3.69. The number of carbonyl (C=O) groups is 2. The number of ether oxygens (including phenoxy) is 3. The number of carbonyl (C=O) groups excluding carboxylic acids is 2. The number of benzene rings is 1. The van der Waals surface area contributed by atoms with Crippen LogP contribution in [-0.4, -0.2) is 56.1 Å². The second-order valence-electron chi connectivity index (χ2n) is 5.49. The fraction of sp³-hybridized carbons (Fsp3) is 0.467. The predicted octanol–water partition coefficient (Wildman–Crippen LogP) is 1.06.